The van der Waals surface area contributed by atoms with Crippen molar-refractivity contribution in [2.24, 2.45) is 7.05 Å². The molecule has 0 radical (unpaired) electrons. The Kier molecular flexibility index (Phi) is 5.55. The van der Waals surface area contributed by atoms with Crippen LogP contribution in [0, 0.1) is 0 Å². The first kappa shape index (κ1) is 19.8. The predicted molar refractivity (Wildman–Crippen MR) is 99.0 cm³/mol. The second-order valence-electron chi connectivity index (χ2n) is 8.01. The molecule has 2 aliphatic heterocycles. The molecule has 27 heavy (non-hydrogen) atoms. The van der Waals surface area contributed by atoms with E-state index < -0.39 is 17.2 Å². The number of piperidine rings is 1. The number of amides is 2. The second kappa shape index (κ2) is 7.57. The monoisotopic (exact) mass is 379 g/mol. The number of nitrogens with one attached hydrogen (secondary N) is 2. The minimum atomic E-state index is -1.01. The van der Waals surface area contributed by atoms with Gasteiger partial charge >= 0.3 is 0 Å². The SMILES string of the molecule is CC(=O)N[C@H]1COC2(CCN(CC(=O)Nc3cnn(C)c3)CC2)C[C@]1(C)O. The van der Waals surface area contributed by atoms with Crippen LogP contribution < -0.4 is 10.6 Å². The van der Waals surface area contributed by atoms with Crippen molar-refractivity contribution in [2.75, 3.05) is 31.6 Å². The van der Waals surface area contributed by atoms with E-state index in [1.807, 2.05) is 0 Å². The van der Waals surface area contributed by atoms with Gasteiger partial charge in [-0.2, -0.15) is 5.10 Å². The van der Waals surface area contributed by atoms with Crippen molar-refractivity contribution in [2.45, 2.75) is 50.4 Å². The Balaban J connectivity index is 1.49. The van der Waals surface area contributed by atoms with Crippen molar-refractivity contribution in [3.05, 3.63) is 12.4 Å². The summed E-state index contributed by atoms with van der Waals surface area (Å²) in [7, 11) is 1.80. The molecular weight excluding hydrogens is 350 g/mol. The number of carbonyl (C=O) groups excluding carboxylic acids is 2. The zero-order valence-electron chi connectivity index (χ0n) is 16.2. The van der Waals surface area contributed by atoms with Crippen LogP contribution in [-0.4, -0.2) is 75.1 Å². The average Bonchev–Trinajstić information content (AvgIpc) is 2.97. The molecule has 0 unspecified atom stereocenters. The van der Waals surface area contributed by atoms with E-state index in [0.717, 1.165) is 25.9 Å². The lowest BCUT2D eigenvalue weighted by Crippen LogP contribution is -2.63. The third kappa shape index (κ3) is 4.85. The van der Waals surface area contributed by atoms with Crippen LogP contribution in [0.4, 0.5) is 5.69 Å². The van der Waals surface area contributed by atoms with Gasteiger partial charge in [0.15, 0.2) is 0 Å². The molecule has 1 aromatic rings. The van der Waals surface area contributed by atoms with Gasteiger partial charge in [0.25, 0.3) is 0 Å². The minimum Gasteiger partial charge on any atom is -0.388 e. The molecule has 2 amide bonds. The highest BCUT2D eigenvalue weighted by molar-refractivity contribution is 5.91. The molecule has 2 atom stereocenters. The fourth-order valence-electron chi connectivity index (χ4n) is 4.04. The van der Waals surface area contributed by atoms with E-state index in [2.05, 4.69) is 20.6 Å². The van der Waals surface area contributed by atoms with Crippen molar-refractivity contribution in [1.82, 2.24) is 20.0 Å². The van der Waals surface area contributed by atoms with Gasteiger partial charge in [-0.3, -0.25) is 19.2 Å². The summed E-state index contributed by atoms with van der Waals surface area (Å²) in [5.74, 6) is -0.240. The molecule has 2 aliphatic rings. The Morgan fingerprint density at radius 1 is 1.41 bits per heavy atom. The lowest BCUT2D eigenvalue weighted by Gasteiger charge is -2.51. The highest BCUT2D eigenvalue weighted by atomic mass is 16.5. The summed E-state index contributed by atoms with van der Waals surface area (Å²) < 4.78 is 7.73. The van der Waals surface area contributed by atoms with Crippen LogP contribution in [0.5, 0.6) is 0 Å². The normalized spacial score (nSPS) is 28.1. The summed E-state index contributed by atoms with van der Waals surface area (Å²) in [6.07, 6.45) is 5.34. The first-order valence-electron chi connectivity index (χ1n) is 9.32. The number of anilines is 1. The molecule has 0 aromatic carbocycles. The van der Waals surface area contributed by atoms with Gasteiger partial charge < -0.3 is 20.5 Å². The van der Waals surface area contributed by atoms with Crippen LogP contribution in [0.25, 0.3) is 0 Å². The maximum atomic E-state index is 12.2. The van der Waals surface area contributed by atoms with E-state index >= 15 is 0 Å². The number of hydrogen-bond acceptors (Lipinski definition) is 6. The summed E-state index contributed by atoms with van der Waals surface area (Å²) in [6, 6.07) is -0.399. The molecule has 3 rings (SSSR count). The molecule has 3 N–H and O–H groups in total. The summed E-state index contributed by atoms with van der Waals surface area (Å²) in [5.41, 5.74) is -0.717. The summed E-state index contributed by atoms with van der Waals surface area (Å²) in [4.78, 5) is 25.6. The number of likely N-dealkylation sites (tertiary alicyclic amines) is 1. The Morgan fingerprint density at radius 3 is 2.67 bits per heavy atom. The maximum absolute atomic E-state index is 12.2. The highest BCUT2D eigenvalue weighted by Crippen LogP contribution is 2.39. The van der Waals surface area contributed by atoms with E-state index in [9.17, 15) is 14.7 Å². The lowest BCUT2D eigenvalue weighted by molar-refractivity contribution is -0.189. The van der Waals surface area contributed by atoms with Crippen LogP contribution in [-0.2, 0) is 21.4 Å². The fraction of sp³-hybridized carbons (Fsp3) is 0.722. The van der Waals surface area contributed by atoms with Crippen molar-refractivity contribution < 1.29 is 19.4 Å². The fourth-order valence-corrected chi connectivity index (χ4v) is 4.04. The number of aromatic nitrogens is 2. The van der Waals surface area contributed by atoms with Gasteiger partial charge in [0, 0.05) is 39.7 Å². The third-order valence-corrected chi connectivity index (χ3v) is 5.49. The van der Waals surface area contributed by atoms with E-state index in [-0.39, 0.29) is 11.8 Å². The molecule has 3 heterocycles. The molecule has 1 spiro atoms. The molecule has 2 fully saturated rings. The van der Waals surface area contributed by atoms with Gasteiger partial charge in [-0.1, -0.05) is 0 Å². The molecule has 0 bridgehead atoms. The third-order valence-electron chi connectivity index (χ3n) is 5.49. The quantitative estimate of drug-likeness (QED) is 0.672. The minimum absolute atomic E-state index is 0.0683. The van der Waals surface area contributed by atoms with Crippen molar-refractivity contribution in [1.29, 1.82) is 0 Å². The van der Waals surface area contributed by atoms with Gasteiger partial charge in [0.05, 0.1) is 42.3 Å². The largest absolute Gasteiger partial charge is 0.388 e. The Bertz CT molecular complexity index is 694. The van der Waals surface area contributed by atoms with Gasteiger partial charge in [-0.15, -0.1) is 0 Å². The van der Waals surface area contributed by atoms with Crippen molar-refractivity contribution >= 4 is 17.5 Å². The van der Waals surface area contributed by atoms with Gasteiger partial charge in [-0.05, 0) is 19.8 Å². The van der Waals surface area contributed by atoms with Gasteiger partial charge in [0.1, 0.15) is 0 Å². The molecule has 1 aromatic heterocycles. The summed E-state index contributed by atoms with van der Waals surface area (Å²) >= 11 is 0. The molecule has 150 valence electrons. The van der Waals surface area contributed by atoms with Crippen LogP contribution in [0.2, 0.25) is 0 Å². The first-order valence-corrected chi connectivity index (χ1v) is 9.32. The smallest absolute Gasteiger partial charge is 0.238 e. The lowest BCUT2D eigenvalue weighted by atomic mass is 9.75. The van der Waals surface area contributed by atoms with Crippen LogP contribution in [0.3, 0.4) is 0 Å². The average molecular weight is 379 g/mol. The number of nitrogens with zero attached hydrogens (tertiary/aromatic N) is 3. The Hall–Kier alpha value is -1.97. The topological polar surface area (TPSA) is 109 Å². The number of carbonyl (C=O) groups is 2. The molecule has 0 saturated carbocycles. The molecule has 0 aliphatic carbocycles. The first-order chi connectivity index (χ1) is 12.7. The standard InChI is InChI=1S/C18H29N5O4/c1-13(24)20-15-11-27-18(12-17(15,2)26)4-6-23(7-5-18)10-16(25)21-14-8-19-22(3)9-14/h8-9,15,26H,4-7,10-12H2,1-3H3,(H,20,24)(H,21,25)/t15-,17-/m0/s1. The van der Waals surface area contributed by atoms with Crippen molar-refractivity contribution in [3.8, 4) is 0 Å². The Labute approximate surface area is 159 Å². The summed E-state index contributed by atoms with van der Waals surface area (Å²) in [6.45, 7) is 5.26. The number of aliphatic hydroxyl groups is 1. The number of ether oxygens (including phenoxy) is 1. The number of rotatable bonds is 4. The zero-order valence-corrected chi connectivity index (χ0v) is 16.2. The van der Waals surface area contributed by atoms with Crippen molar-refractivity contribution in [3.63, 3.8) is 0 Å². The van der Waals surface area contributed by atoms with Gasteiger partial charge in [0.2, 0.25) is 11.8 Å². The zero-order chi connectivity index (χ0) is 19.7. The van der Waals surface area contributed by atoms with E-state index in [0.29, 0.717) is 25.3 Å². The van der Waals surface area contributed by atoms with E-state index in [1.165, 1.54) is 6.92 Å². The molecule has 9 nitrogen and oxygen atoms in total. The van der Waals surface area contributed by atoms with E-state index in [4.69, 9.17) is 4.74 Å². The summed E-state index contributed by atoms with van der Waals surface area (Å²) in [5, 5.41) is 20.4. The second-order valence-corrected chi connectivity index (χ2v) is 8.01. The van der Waals surface area contributed by atoms with Crippen LogP contribution in [0.15, 0.2) is 12.4 Å². The molecular formula is C18H29N5O4. The molecule has 2 saturated heterocycles. The van der Waals surface area contributed by atoms with Crippen LogP contribution in [0.1, 0.15) is 33.1 Å². The number of aryl methyl sites for hydroxylation is 1. The number of hydrogen-bond donors (Lipinski definition) is 3. The highest BCUT2D eigenvalue weighted by Gasteiger charge is 2.49. The van der Waals surface area contributed by atoms with Gasteiger partial charge in [-0.25, -0.2) is 0 Å². The molecule has 9 heteroatoms. The van der Waals surface area contributed by atoms with Crippen LogP contribution >= 0.6 is 0 Å². The predicted octanol–water partition coefficient (Wildman–Crippen LogP) is -0.131. The Morgan fingerprint density at radius 2 is 2.11 bits per heavy atom. The maximum Gasteiger partial charge on any atom is 0.238 e. The van der Waals surface area contributed by atoms with E-state index in [1.54, 1.807) is 31.0 Å².